The fourth-order valence-corrected chi connectivity index (χ4v) is 1.53. The number of fused-ring (bicyclic) bond motifs is 1. The molecule has 6 heteroatoms. The van der Waals surface area contributed by atoms with Crippen LogP contribution in [0.25, 0.3) is 11.2 Å². The lowest BCUT2D eigenvalue weighted by Gasteiger charge is -2.09. The summed E-state index contributed by atoms with van der Waals surface area (Å²) in [5.41, 5.74) is 7.06. The zero-order chi connectivity index (χ0) is 11.5. The van der Waals surface area contributed by atoms with Crippen LogP contribution in [0, 0.1) is 0 Å². The molecule has 0 spiro atoms. The third-order valence-electron chi connectivity index (χ3n) is 2.45. The topological polar surface area (TPSA) is 92.5 Å². The first-order valence-electron chi connectivity index (χ1n) is 5.41. The lowest BCUT2D eigenvalue weighted by molar-refractivity contribution is 0.550. The highest BCUT2D eigenvalue weighted by Gasteiger charge is 2.12. The Balaban J connectivity index is 2.29. The van der Waals surface area contributed by atoms with Crippen molar-refractivity contribution >= 4 is 17.0 Å². The van der Waals surface area contributed by atoms with Crippen molar-refractivity contribution in [1.29, 1.82) is 0 Å². The summed E-state index contributed by atoms with van der Waals surface area (Å²) in [7, 11) is 0. The Morgan fingerprint density at radius 2 is 2.31 bits per heavy atom. The molecule has 0 amide bonds. The van der Waals surface area contributed by atoms with Crippen molar-refractivity contribution in [3.05, 3.63) is 12.2 Å². The van der Waals surface area contributed by atoms with E-state index in [0.29, 0.717) is 17.0 Å². The molecule has 2 aromatic rings. The van der Waals surface area contributed by atoms with Crippen LogP contribution in [0.4, 0.5) is 5.82 Å². The first-order chi connectivity index (χ1) is 7.72. The van der Waals surface area contributed by atoms with Gasteiger partial charge in [0.25, 0.3) is 0 Å². The van der Waals surface area contributed by atoms with Crippen LogP contribution in [0.15, 0.2) is 6.33 Å². The molecule has 0 radical (unpaired) electrons. The molecule has 0 aromatic carbocycles. The second-order valence-corrected chi connectivity index (χ2v) is 3.76. The fourth-order valence-electron chi connectivity index (χ4n) is 1.53. The number of nitrogens with two attached hydrogens (primary N) is 1. The molecule has 2 aromatic heterocycles. The molecule has 0 aliphatic heterocycles. The summed E-state index contributed by atoms with van der Waals surface area (Å²) in [5, 5.41) is 3.35. The van der Waals surface area contributed by atoms with Gasteiger partial charge in [-0.2, -0.15) is 0 Å². The van der Waals surface area contributed by atoms with Crippen LogP contribution in [0.1, 0.15) is 32.1 Å². The predicted octanol–water partition coefficient (Wildman–Crippen LogP) is 0.996. The SMILES string of the molecule is CCCNC(C)c1nc2ncnc(N)c2[nH]1. The molecule has 6 nitrogen and oxygen atoms in total. The number of nitrogens with one attached hydrogen (secondary N) is 2. The number of rotatable bonds is 4. The summed E-state index contributed by atoms with van der Waals surface area (Å²) in [5.74, 6) is 1.28. The highest BCUT2D eigenvalue weighted by atomic mass is 15.1. The minimum atomic E-state index is 0.161. The van der Waals surface area contributed by atoms with Crippen molar-refractivity contribution in [2.24, 2.45) is 0 Å². The van der Waals surface area contributed by atoms with E-state index >= 15 is 0 Å². The van der Waals surface area contributed by atoms with E-state index in [4.69, 9.17) is 5.73 Å². The maximum atomic E-state index is 5.73. The van der Waals surface area contributed by atoms with Gasteiger partial charge in [0.15, 0.2) is 11.5 Å². The molecule has 1 atom stereocenters. The van der Waals surface area contributed by atoms with Gasteiger partial charge in [-0.3, -0.25) is 0 Å². The first-order valence-corrected chi connectivity index (χ1v) is 5.41. The zero-order valence-electron chi connectivity index (χ0n) is 9.49. The normalized spacial score (nSPS) is 13.1. The van der Waals surface area contributed by atoms with E-state index in [1.54, 1.807) is 0 Å². The van der Waals surface area contributed by atoms with Crippen LogP contribution < -0.4 is 11.1 Å². The van der Waals surface area contributed by atoms with E-state index in [2.05, 4.69) is 39.1 Å². The van der Waals surface area contributed by atoms with Crippen molar-refractivity contribution in [3.8, 4) is 0 Å². The summed E-state index contributed by atoms with van der Waals surface area (Å²) in [6.07, 6.45) is 2.51. The first kappa shape index (κ1) is 10.8. The fraction of sp³-hybridized carbons (Fsp3) is 0.500. The monoisotopic (exact) mass is 220 g/mol. The smallest absolute Gasteiger partial charge is 0.183 e. The maximum Gasteiger partial charge on any atom is 0.183 e. The van der Waals surface area contributed by atoms with Gasteiger partial charge in [-0.1, -0.05) is 6.92 Å². The molecule has 2 rings (SSSR count). The number of anilines is 1. The summed E-state index contributed by atoms with van der Waals surface area (Å²) < 4.78 is 0. The molecule has 1 unspecified atom stereocenters. The molecule has 0 saturated heterocycles. The van der Waals surface area contributed by atoms with Gasteiger partial charge in [-0.05, 0) is 19.9 Å². The highest BCUT2D eigenvalue weighted by Crippen LogP contribution is 2.17. The van der Waals surface area contributed by atoms with Crippen LogP contribution in [0.5, 0.6) is 0 Å². The van der Waals surface area contributed by atoms with E-state index in [-0.39, 0.29) is 6.04 Å². The minimum Gasteiger partial charge on any atom is -0.382 e. The molecule has 0 aliphatic carbocycles. The highest BCUT2D eigenvalue weighted by molar-refractivity contribution is 5.81. The molecule has 0 aliphatic rings. The van der Waals surface area contributed by atoms with Crippen molar-refractivity contribution in [1.82, 2.24) is 25.3 Å². The second kappa shape index (κ2) is 4.44. The minimum absolute atomic E-state index is 0.161. The lowest BCUT2D eigenvalue weighted by atomic mass is 10.3. The molecular formula is C10H16N6. The number of hydrogen-bond acceptors (Lipinski definition) is 5. The number of aromatic amines is 1. The Bertz CT molecular complexity index is 477. The van der Waals surface area contributed by atoms with E-state index < -0.39 is 0 Å². The summed E-state index contributed by atoms with van der Waals surface area (Å²) >= 11 is 0. The standard InChI is InChI=1S/C10H16N6/c1-3-4-12-6(2)9-15-7-8(11)13-5-14-10(7)16-9/h5-6,12H,3-4H2,1-2H3,(H3,11,13,14,15,16). The van der Waals surface area contributed by atoms with Crippen LogP contribution in [0.2, 0.25) is 0 Å². The van der Waals surface area contributed by atoms with Gasteiger partial charge < -0.3 is 16.0 Å². The Hall–Kier alpha value is -1.69. The van der Waals surface area contributed by atoms with E-state index in [0.717, 1.165) is 18.8 Å². The van der Waals surface area contributed by atoms with Crippen LogP contribution in [0.3, 0.4) is 0 Å². The molecule has 4 N–H and O–H groups in total. The Kier molecular flexibility index (Phi) is 3.00. The third-order valence-corrected chi connectivity index (χ3v) is 2.45. The zero-order valence-corrected chi connectivity index (χ0v) is 9.49. The predicted molar refractivity (Wildman–Crippen MR) is 62.8 cm³/mol. The molecule has 16 heavy (non-hydrogen) atoms. The average molecular weight is 220 g/mol. The van der Waals surface area contributed by atoms with Crippen LogP contribution in [-0.2, 0) is 0 Å². The van der Waals surface area contributed by atoms with Gasteiger partial charge >= 0.3 is 0 Å². The third kappa shape index (κ3) is 1.96. The van der Waals surface area contributed by atoms with E-state index in [1.807, 2.05) is 0 Å². The Labute approximate surface area is 93.7 Å². The number of H-pyrrole nitrogens is 1. The molecule has 2 heterocycles. The van der Waals surface area contributed by atoms with E-state index in [1.165, 1.54) is 6.33 Å². The number of hydrogen-bond donors (Lipinski definition) is 3. The molecule has 0 saturated carbocycles. The average Bonchev–Trinajstić information content (AvgIpc) is 2.71. The van der Waals surface area contributed by atoms with E-state index in [9.17, 15) is 0 Å². The summed E-state index contributed by atoms with van der Waals surface area (Å²) in [4.78, 5) is 15.5. The van der Waals surface area contributed by atoms with Gasteiger partial charge in [-0.15, -0.1) is 0 Å². The van der Waals surface area contributed by atoms with Gasteiger partial charge in [0, 0.05) is 0 Å². The van der Waals surface area contributed by atoms with Crippen LogP contribution in [-0.4, -0.2) is 26.5 Å². The molecule has 0 fully saturated rings. The number of imidazole rings is 1. The Morgan fingerprint density at radius 3 is 3.00 bits per heavy atom. The number of nitrogen functional groups attached to an aromatic ring is 1. The molecule has 86 valence electrons. The van der Waals surface area contributed by atoms with Gasteiger partial charge in [-0.25, -0.2) is 15.0 Å². The largest absolute Gasteiger partial charge is 0.382 e. The van der Waals surface area contributed by atoms with Crippen molar-refractivity contribution in [2.45, 2.75) is 26.3 Å². The quantitative estimate of drug-likeness (QED) is 0.714. The van der Waals surface area contributed by atoms with Gasteiger partial charge in [0.1, 0.15) is 17.7 Å². The van der Waals surface area contributed by atoms with Gasteiger partial charge in [0.2, 0.25) is 0 Å². The summed E-state index contributed by atoms with van der Waals surface area (Å²) in [6.45, 7) is 5.14. The van der Waals surface area contributed by atoms with Crippen molar-refractivity contribution in [3.63, 3.8) is 0 Å². The lowest BCUT2D eigenvalue weighted by Crippen LogP contribution is -2.20. The molecular weight excluding hydrogens is 204 g/mol. The number of nitrogens with zero attached hydrogens (tertiary/aromatic N) is 3. The van der Waals surface area contributed by atoms with Crippen molar-refractivity contribution < 1.29 is 0 Å². The maximum absolute atomic E-state index is 5.73. The van der Waals surface area contributed by atoms with Crippen molar-refractivity contribution in [2.75, 3.05) is 12.3 Å². The second-order valence-electron chi connectivity index (χ2n) is 3.76. The molecule has 0 bridgehead atoms. The number of aromatic nitrogens is 4. The van der Waals surface area contributed by atoms with Gasteiger partial charge in [0.05, 0.1) is 6.04 Å². The summed E-state index contributed by atoms with van der Waals surface area (Å²) in [6, 6.07) is 0.161. The Morgan fingerprint density at radius 1 is 1.50 bits per heavy atom. The van der Waals surface area contributed by atoms with Crippen LogP contribution >= 0.6 is 0 Å².